The molecule has 0 amide bonds. The van der Waals surface area contributed by atoms with Gasteiger partial charge in [0.15, 0.2) is 10.2 Å². The highest BCUT2D eigenvalue weighted by molar-refractivity contribution is 7.92. The van der Waals surface area contributed by atoms with Crippen molar-refractivity contribution in [2.45, 2.75) is 24.3 Å². The van der Waals surface area contributed by atoms with E-state index in [0.29, 0.717) is 11.0 Å². The Morgan fingerprint density at radius 3 is 2.76 bits per heavy atom. The molecule has 1 aliphatic rings. The summed E-state index contributed by atoms with van der Waals surface area (Å²) < 4.78 is 46.6. The monoisotopic (exact) mass is 505 g/mol. The zero-order chi connectivity index (χ0) is 24.3. The van der Waals surface area contributed by atoms with E-state index in [1.807, 2.05) is 0 Å². The van der Waals surface area contributed by atoms with Gasteiger partial charge in [-0.2, -0.15) is 8.42 Å². The summed E-state index contributed by atoms with van der Waals surface area (Å²) in [6.07, 6.45) is 2.82. The fraction of sp³-hybridized carbons (Fsp3) is 0.304. The molecule has 180 valence electrons. The molecule has 11 heteroatoms. The lowest BCUT2D eigenvalue weighted by atomic mass is 9.91. The van der Waals surface area contributed by atoms with Crippen molar-refractivity contribution in [2.24, 2.45) is 5.92 Å². The number of nitrogens with one attached hydrogen (secondary N) is 1. The van der Waals surface area contributed by atoms with Crippen molar-refractivity contribution < 1.29 is 27.4 Å². The molecule has 2 heterocycles. The molecule has 3 aromatic rings. The molecular formula is C23H24FN3O5S2. The number of carboxylic acid groups (broad SMARTS) is 1. The molecule has 1 fully saturated rings. The fourth-order valence-electron chi connectivity index (χ4n) is 3.98. The summed E-state index contributed by atoms with van der Waals surface area (Å²) in [6.45, 7) is 1.52. The number of halogens is 1. The van der Waals surface area contributed by atoms with Crippen LogP contribution in [0.3, 0.4) is 0 Å². The van der Waals surface area contributed by atoms with E-state index in [9.17, 15) is 17.6 Å². The summed E-state index contributed by atoms with van der Waals surface area (Å²) in [5.74, 6) is -0.942. The van der Waals surface area contributed by atoms with Crippen LogP contribution >= 0.6 is 11.3 Å². The third kappa shape index (κ3) is 5.48. The molecule has 8 nitrogen and oxygen atoms in total. The first kappa shape index (κ1) is 24.0. The van der Waals surface area contributed by atoms with E-state index >= 15 is 0 Å². The Labute approximate surface area is 201 Å². The number of methoxy groups -OCH3 is 1. The van der Waals surface area contributed by atoms with Gasteiger partial charge in [0.1, 0.15) is 11.6 Å². The van der Waals surface area contributed by atoms with Gasteiger partial charge in [0.25, 0.3) is 10.0 Å². The number of ether oxygens (including phenoxy) is 1. The minimum absolute atomic E-state index is 0.0176. The van der Waals surface area contributed by atoms with Gasteiger partial charge >= 0.3 is 5.97 Å². The molecule has 0 unspecified atom stereocenters. The Morgan fingerprint density at radius 2 is 2.06 bits per heavy atom. The van der Waals surface area contributed by atoms with Crippen LogP contribution in [0, 0.1) is 11.7 Å². The number of aromatic nitrogens is 1. The Hall–Kier alpha value is -3.18. The molecule has 1 atom stereocenters. The highest BCUT2D eigenvalue weighted by Gasteiger charge is 2.26. The summed E-state index contributed by atoms with van der Waals surface area (Å²) in [5, 5.41) is 11.1. The third-order valence-corrected chi connectivity index (χ3v) is 7.97. The highest BCUT2D eigenvalue weighted by Crippen LogP contribution is 2.32. The van der Waals surface area contributed by atoms with Crippen LogP contribution in [-0.2, 0) is 16.4 Å². The lowest BCUT2D eigenvalue weighted by Gasteiger charge is -2.32. The minimum atomic E-state index is -4.00. The van der Waals surface area contributed by atoms with Crippen LogP contribution in [0.15, 0.2) is 52.9 Å². The molecule has 34 heavy (non-hydrogen) atoms. The van der Waals surface area contributed by atoms with Gasteiger partial charge in [0, 0.05) is 18.5 Å². The van der Waals surface area contributed by atoms with Crippen LogP contribution in [0.5, 0.6) is 5.75 Å². The lowest BCUT2D eigenvalue weighted by molar-refractivity contribution is 0.0696. The van der Waals surface area contributed by atoms with E-state index < -0.39 is 16.0 Å². The van der Waals surface area contributed by atoms with Crippen LogP contribution in [0.2, 0.25) is 0 Å². The maximum absolute atomic E-state index is 13.2. The van der Waals surface area contributed by atoms with Crippen molar-refractivity contribution in [1.29, 1.82) is 0 Å². The first-order valence-electron chi connectivity index (χ1n) is 10.6. The van der Waals surface area contributed by atoms with Gasteiger partial charge in [-0.25, -0.2) is 14.2 Å². The normalized spacial score (nSPS) is 16.3. The number of thiazole rings is 1. The fourth-order valence-corrected chi connectivity index (χ4v) is 6.19. The zero-order valence-electron chi connectivity index (χ0n) is 18.4. The Balaban J connectivity index is 1.46. The van der Waals surface area contributed by atoms with E-state index in [-0.39, 0.29) is 27.8 Å². The smallest absolute Gasteiger partial charge is 0.335 e. The topological polar surface area (TPSA) is 109 Å². The molecule has 0 bridgehead atoms. The van der Waals surface area contributed by atoms with Crippen LogP contribution in [-0.4, -0.2) is 44.7 Å². The van der Waals surface area contributed by atoms with E-state index in [1.54, 1.807) is 12.1 Å². The van der Waals surface area contributed by atoms with E-state index in [1.165, 1.54) is 54.2 Å². The number of sulfonamides is 1. The summed E-state index contributed by atoms with van der Waals surface area (Å²) >= 11 is 1.26. The number of anilines is 2. The Morgan fingerprint density at radius 1 is 1.29 bits per heavy atom. The van der Waals surface area contributed by atoms with Crippen LogP contribution in [0.1, 0.15) is 28.8 Å². The van der Waals surface area contributed by atoms with Crippen molar-refractivity contribution in [3.05, 3.63) is 64.8 Å². The van der Waals surface area contributed by atoms with Gasteiger partial charge in [-0.05, 0) is 61.1 Å². The number of carboxylic acids is 1. The predicted molar refractivity (Wildman–Crippen MR) is 128 cm³/mol. The molecule has 1 aromatic heterocycles. The van der Waals surface area contributed by atoms with Gasteiger partial charge in [-0.1, -0.05) is 12.1 Å². The first-order valence-corrected chi connectivity index (χ1v) is 13.0. The van der Waals surface area contributed by atoms with Crippen molar-refractivity contribution in [3.63, 3.8) is 0 Å². The molecule has 0 aliphatic carbocycles. The van der Waals surface area contributed by atoms with Gasteiger partial charge < -0.3 is 14.7 Å². The quantitative estimate of drug-likeness (QED) is 0.471. The molecule has 0 saturated carbocycles. The molecule has 1 aliphatic heterocycles. The molecule has 2 aromatic carbocycles. The van der Waals surface area contributed by atoms with Crippen LogP contribution in [0.4, 0.5) is 15.2 Å². The van der Waals surface area contributed by atoms with Gasteiger partial charge in [0.2, 0.25) is 0 Å². The van der Waals surface area contributed by atoms with Gasteiger partial charge in [0.05, 0.1) is 18.4 Å². The lowest BCUT2D eigenvalue weighted by Crippen LogP contribution is -2.36. The first-order chi connectivity index (χ1) is 16.2. The maximum Gasteiger partial charge on any atom is 0.335 e. The van der Waals surface area contributed by atoms with Gasteiger partial charge in [-0.15, -0.1) is 11.3 Å². The van der Waals surface area contributed by atoms with E-state index in [0.717, 1.165) is 37.9 Å². The highest BCUT2D eigenvalue weighted by atomic mass is 32.2. The number of benzene rings is 2. The van der Waals surface area contributed by atoms with Crippen molar-refractivity contribution in [1.82, 2.24) is 4.98 Å². The van der Waals surface area contributed by atoms with Crippen molar-refractivity contribution in [2.75, 3.05) is 29.8 Å². The standard InChI is InChI=1S/C23H24FN3O5S2/c1-32-20-12-17(22(28)29)6-9-19(20)26-34(30,31)21-14-33-23(25-21)27-10-2-3-16(13-27)11-15-4-7-18(24)8-5-15/h4-9,12,14,16,26H,2-3,10-11,13H2,1H3,(H,28,29)/t16-/m0/s1. The average molecular weight is 506 g/mol. The summed E-state index contributed by atoms with van der Waals surface area (Å²) in [6, 6.07) is 10.4. The Bertz CT molecular complexity index is 1280. The summed E-state index contributed by atoms with van der Waals surface area (Å²) in [7, 11) is -2.67. The second-order valence-corrected chi connectivity index (χ2v) is 10.5. The number of hydrogen-bond donors (Lipinski definition) is 2. The molecule has 4 rings (SSSR count). The number of rotatable bonds is 8. The minimum Gasteiger partial charge on any atom is -0.495 e. The number of carbonyl (C=O) groups is 1. The predicted octanol–water partition coefficient (Wildman–Crippen LogP) is 4.25. The molecule has 0 spiro atoms. The number of piperidine rings is 1. The molecule has 0 radical (unpaired) electrons. The third-order valence-electron chi connectivity index (χ3n) is 5.67. The molecule has 1 saturated heterocycles. The van der Waals surface area contributed by atoms with E-state index in [2.05, 4.69) is 14.6 Å². The Kier molecular flexibility index (Phi) is 7.03. The van der Waals surface area contributed by atoms with Crippen molar-refractivity contribution >= 4 is 38.1 Å². The maximum atomic E-state index is 13.2. The SMILES string of the molecule is COc1cc(C(=O)O)ccc1NS(=O)(=O)c1csc(N2CCC[C@@H](Cc3ccc(F)cc3)C2)n1. The second kappa shape index (κ2) is 9.98. The number of nitrogens with zero attached hydrogens (tertiary/aromatic N) is 2. The number of hydrogen-bond acceptors (Lipinski definition) is 7. The average Bonchev–Trinajstić information content (AvgIpc) is 3.32. The van der Waals surface area contributed by atoms with Gasteiger partial charge in [-0.3, -0.25) is 4.72 Å². The van der Waals surface area contributed by atoms with Crippen LogP contribution in [0.25, 0.3) is 0 Å². The largest absolute Gasteiger partial charge is 0.495 e. The number of aromatic carboxylic acids is 1. The van der Waals surface area contributed by atoms with Crippen LogP contribution < -0.4 is 14.4 Å². The summed E-state index contributed by atoms with van der Waals surface area (Å²) in [4.78, 5) is 17.6. The molecular weight excluding hydrogens is 481 g/mol. The zero-order valence-corrected chi connectivity index (χ0v) is 20.0. The molecule has 2 N–H and O–H groups in total. The van der Waals surface area contributed by atoms with Crippen molar-refractivity contribution in [3.8, 4) is 5.75 Å². The van der Waals surface area contributed by atoms with E-state index in [4.69, 9.17) is 9.84 Å². The second-order valence-electron chi connectivity index (χ2n) is 8.08. The summed E-state index contributed by atoms with van der Waals surface area (Å²) in [5.41, 5.74) is 1.18.